The van der Waals surface area contributed by atoms with E-state index in [1.54, 1.807) is 0 Å². The Morgan fingerprint density at radius 3 is 2.70 bits per heavy atom. The molecule has 0 unspecified atom stereocenters. The van der Waals surface area contributed by atoms with E-state index in [-0.39, 0.29) is 5.91 Å². The van der Waals surface area contributed by atoms with Gasteiger partial charge in [-0.3, -0.25) is 4.79 Å². The lowest BCUT2D eigenvalue weighted by Gasteiger charge is -2.30. The molecule has 1 aromatic rings. The number of anilines is 2. The zero-order valence-electron chi connectivity index (χ0n) is 12.2. The van der Waals surface area contributed by atoms with Gasteiger partial charge in [-0.1, -0.05) is 26.0 Å². The fourth-order valence-electron chi connectivity index (χ4n) is 2.15. The third-order valence-corrected chi connectivity index (χ3v) is 3.20. The number of hydrogen-bond acceptors (Lipinski definition) is 4. The van der Waals surface area contributed by atoms with Gasteiger partial charge in [-0.05, 0) is 12.1 Å². The van der Waals surface area contributed by atoms with Gasteiger partial charge in [0.1, 0.15) is 0 Å². The summed E-state index contributed by atoms with van der Waals surface area (Å²) < 4.78 is 5.37. The smallest absolute Gasteiger partial charge is 0.238 e. The van der Waals surface area contributed by atoms with Gasteiger partial charge in [-0.2, -0.15) is 0 Å². The summed E-state index contributed by atoms with van der Waals surface area (Å²) in [6.07, 6.45) is 0. The Kier molecular flexibility index (Phi) is 5.38. The molecule has 0 spiro atoms. The second-order valence-corrected chi connectivity index (χ2v) is 5.20. The Labute approximate surface area is 120 Å². The van der Waals surface area contributed by atoms with Crippen LogP contribution in [0.2, 0.25) is 0 Å². The minimum Gasteiger partial charge on any atom is -0.378 e. The molecule has 1 heterocycles. The SMILES string of the molecule is CC(C)NCC(=O)Nc1ccccc1N1CCOCC1. The molecule has 1 aromatic carbocycles. The summed E-state index contributed by atoms with van der Waals surface area (Å²) in [5, 5.41) is 6.10. The van der Waals surface area contributed by atoms with Crippen LogP contribution in [0, 0.1) is 0 Å². The molecule has 0 bridgehead atoms. The maximum absolute atomic E-state index is 11.9. The van der Waals surface area contributed by atoms with E-state index < -0.39 is 0 Å². The number of para-hydroxylation sites is 2. The van der Waals surface area contributed by atoms with Crippen molar-refractivity contribution in [3.05, 3.63) is 24.3 Å². The Bertz CT molecular complexity index is 442. The molecular formula is C15H23N3O2. The summed E-state index contributed by atoms with van der Waals surface area (Å²) in [5.74, 6) is -0.0144. The highest BCUT2D eigenvalue weighted by atomic mass is 16.5. The second kappa shape index (κ2) is 7.26. The predicted molar refractivity (Wildman–Crippen MR) is 81.2 cm³/mol. The Balaban J connectivity index is 2.01. The quantitative estimate of drug-likeness (QED) is 0.855. The number of carbonyl (C=O) groups excluding carboxylic acids is 1. The summed E-state index contributed by atoms with van der Waals surface area (Å²) in [5.41, 5.74) is 1.93. The molecule has 0 radical (unpaired) electrons. The van der Waals surface area contributed by atoms with E-state index in [0.717, 1.165) is 37.7 Å². The monoisotopic (exact) mass is 277 g/mol. The number of rotatable bonds is 5. The van der Waals surface area contributed by atoms with Crippen LogP contribution in [0.4, 0.5) is 11.4 Å². The van der Waals surface area contributed by atoms with Crippen molar-refractivity contribution in [2.75, 3.05) is 43.1 Å². The van der Waals surface area contributed by atoms with Crippen LogP contribution in [0.15, 0.2) is 24.3 Å². The predicted octanol–water partition coefficient (Wildman–Crippen LogP) is 1.46. The van der Waals surface area contributed by atoms with E-state index in [1.165, 1.54) is 0 Å². The van der Waals surface area contributed by atoms with Gasteiger partial charge < -0.3 is 20.3 Å². The van der Waals surface area contributed by atoms with Crippen molar-refractivity contribution >= 4 is 17.3 Å². The van der Waals surface area contributed by atoms with Gasteiger partial charge in [-0.25, -0.2) is 0 Å². The van der Waals surface area contributed by atoms with E-state index in [2.05, 4.69) is 15.5 Å². The molecule has 1 aliphatic rings. The molecule has 2 rings (SSSR count). The van der Waals surface area contributed by atoms with Crippen LogP contribution in [0.25, 0.3) is 0 Å². The fourth-order valence-corrected chi connectivity index (χ4v) is 2.15. The Hall–Kier alpha value is -1.59. The third-order valence-electron chi connectivity index (χ3n) is 3.20. The first kappa shape index (κ1) is 14.8. The van der Waals surface area contributed by atoms with E-state index in [4.69, 9.17) is 4.74 Å². The van der Waals surface area contributed by atoms with Crippen molar-refractivity contribution < 1.29 is 9.53 Å². The van der Waals surface area contributed by atoms with Crippen molar-refractivity contribution in [3.8, 4) is 0 Å². The van der Waals surface area contributed by atoms with E-state index in [9.17, 15) is 4.79 Å². The van der Waals surface area contributed by atoms with E-state index >= 15 is 0 Å². The van der Waals surface area contributed by atoms with Crippen LogP contribution in [0.1, 0.15) is 13.8 Å². The van der Waals surface area contributed by atoms with Crippen molar-refractivity contribution in [2.45, 2.75) is 19.9 Å². The molecular weight excluding hydrogens is 254 g/mol. The average Bonchev–Trinajstić information content (AvgIpc) is 2.47. The Morgan fingerprint density at radius 2 is 2.00 bits per heavy atom. The van der Waals surface area contributed by atoms with E-state index in [1.807, 2.05) is 38.1 Å². The molecule has 1 saturated heterocycles. The lowest BCUT2D eigenvalue weighted by Crippen LogP contribution is -2.37. The summed E-state index contributed by atoms with van der Waals surface area (Å²) >= 11 is 0. The number of amides is 1. The molecule has 20 heavy (non-hydrogen) atoms. The molecule has 1 amide bonds. The van der Waals surface area contributed by atoms with Crippen molar-refractivity contribution in [1.29, 1.82) is 0 Å². The zero-order chi connectivity index (χ0) is 14.4. The molecule has 5 nitrogen and oxygen atoms in total. The van der Waals surface area contributed by atoms with Crippen LogP contribution in [-0.4, -0.2) is 44.8 Å². The lowest BCUT2D eigenvalue weighted by molar-refractivity contribution is -0.115. The summed E-state index contributed by atoms with van der Waals surface area (Å²) in [6, 6.07) is 8.21. The van der Waals surface area contributed by atoms with Crippen LogP contribution >= 0.6 is 0 Å². The van der Waals surface area contributed by atoms with Gasteiger partial charge in [-0.15, -0.1) is 0 Å². The molecule has 110 valence electrons. The number of nitrogens with one attached hydrogen (secondary N) is 2. The number of nitrogens with zero attached hydrogens (tertiary/aromatic N) is 1. The van der Waals surface area contributed by atoms with Gasteiger partial charge in [0.2, 0.25) is 5.91 Å². The molecule has 0 aromatic heterocycles. The van der Waals surface area contributed by atoms with Crippen molar-refractivity contribution in [2.24, 2.45) is 0 Å². The summed E-state index contributed by atoms with van der Waals surface area (Å²) in [4.78, 5) is 14.2. The maximum Gasteiger partial charge on any atom is 0.238 e. The average molecular weight is 277 g/mol. The third kappa shape index (κ3) is 4.21. The van der Waals surface area contributed by atoms with E-state index in [0.29, 0.717) is 12.6 Å². The first-order valence-corrected chi connectivity index (χ1v) is 7.12. The summed E-state index contributed by atoms with van der Waals surface area (Å²) in [6.45, 7) is 7.56. The largest absolute Gasteiger partial charge is 0.378 e. The molecule has 1 aliphatic heterocycles. The van der Waals surface area contributed by atoms with Gasteiger partial charge in [0.25, 0.3) is 0 Å². The summed E-state index contributed by atoms with van der Waals surface area (Å²) in [7, 11) is 0. The number of carbonyl (C=O) groups is 1. The molecule has 5 heteroatoms. The van der Waals surface area contributed by atoms with Crippen LogP contribution in [-0.2, 0) is 9.53 Å². The Morgan fingerprint density at radius 1 is 1.30 bits per heavy atom. The van der Waals surface area contributed by atoms with Gasteiger partial charge in [0.05, 0.1) is 31.1 Å². The minimum atomic E-state index is -0.0144. The highest BCUT2D eigenvalue weighted by Gasteiger charge is 2.15. The van der Waals surface area contributed by atoms with Crippen LogP contribution in [0.3, 0.4) is 0 Å². The molecule has 2 N–H and O–H groups in total. The van der Waals surface area contributed by atoms with Crippen LogP contribution < -0.4 is 15.5 Å². The fraction of sp³-hybridized carbons (Fsp3) is 0.533. The van der Waals surface area contributed by atoms with Gasteiger partial charge in [0.15, 0.2) is 0 Å². The highest BCUT2D eigenvalue weighted by Crippen LogP contribution is 2.26. The standard InChI is InChI=1S/C15H23N3O2/c1-12(2)16-11-15(19)17-13-5-3-4-6-14(13)18-7-9-20-10-8-18/h3-6,12,16H,7-11H2,1-2H3,(H,17,19). The van der Waals surface area contributed by atoms with Crippen LogP contribution in [0.5, 0.6) is 0 Å². The first-order chi connectivity index (χ1) is 9.66. The lowest BCUT2D eigenvalue weighted by atomic mass is 10.2. The maximum atomic E-state index is 11.9. The van der Waals surface area contributed by atoms with Gasteiger partial charge >= 0.3 is 0 Å². The molecule has 1 fully saturated rings. The second-order valence-electron chi connectivity index (χ2n) is 5.20. The molecule has 0 saturated carbocycles. The normalized spacial score (nSPS) is 15.4. The van der Waals surface area contributed by atoms with Crippen molar-refractivity contribution in [1.82, 2.24) is 5.32 Å². The number of ether oxygens (including phenoxy) is 1. The molecule has 0 atom stereocenters. The molecule has 0 aliphatic carbocycles. The van der Waals surface area contributed by atoms with Gasteiger partial charge in [0, 0.05) is 19.1 Å². The number of hydrogen-bond donors (Lipinski definition) is 2. The minimum absolute atomic E-state index is 0.0144. The topological polar surface area (TPSA) is 53.6 Å². The van der Waals surface area contributed by atoms with Crippen molar-refractivity contribution in [3.63, 3.8) is 0 Å². The first-order valence-electron chi connectivity index (χ1n) is 7.12. The number of morpholine rings is 1. The zero-order valence-corrected chi connectivity index (χ0v) is 12.2. The number of benzene rings is 1. The highest BCUT2D eigenvalue weighted by molar-refractivity contribution is 5.95.